The van der Waals surface area contributed by atoms with Gasteiger partial charge in [0.25, 0.3) is 0 Å². The number of rotatable bonds is 2. The van der Waals surface area contributed by atoms with Gasteiger partial charge in [-0.2, -0.15) is 0 Å². The van der Waals surface area contributed by atoms with Crippen molar-refractivity contribution in [3.63, 3.8) is 0 Å². The van der Waals surface area contributed by atoms with Crippen LogP contribution in [0.25, 0.3) is 10.9 Å². The lowest BCUT2D eigenvalue weighted by atomic mass is 9.97. The SMILES string of the molecule is CC(C)c1cccc2ncc(CO)cc12. The number of hydrogen-bond acceptors (Lipinski definition) is 2. The van der Waals surface area contributed by atoms with Crippen LogP contribution < -0.4 is 0 Å². The number of fused-ring (bicyclic) bond motifs is 1. The van der Waals surface area contributed by atoms with Crippen molar-refractivity contribution in [2.45, 2.75) is 26.4 Å². The van der Waals surface area contributed by atoms with E-state index < -0.39 is 0 Å². The van der Waals surface area contributed by atoms with E-state index in [1.54, 1.807) is 6.20 Å². The molecule has 2 aromatic rings. The second-order valence-electron chi connectivity index (χ2n) is 4.07. The van der Waals surface area contributed by atoms with Crippen molar-refractivity contribution in [3.8, 4) is 0 Å². The molecule has 1 aromatic carbocycles. The van der Waals surface area contributed by atoms with Gasteiger partial charge in [-0.1, -0.05) is 26.0 Å². The fourth-order valence-corrected chi connectivity index (χ4v) is 1.81. The van der Waals surface area contributed by atoms with Crippen molar-refractivity contribution in [1.82, 2.24) is 4.98 Å². The number of aliphatic hydroxyl groups is 1. The van der Waals surface area contributed by atoms with Crippen molar-refractivity contribution >= 4 is 10.9 Å². The van der Waals surface area contributed by atoms with Gasteiger partial charge in [0.15, 0.2) is 0 Å². The van der Waals surface area contributed by atoms with Crippen LogP contribution in [-0.2, 0) is 6.61 Å². The van der Waals surface area contributed by atoms with E-state index in [-0.39, 0.29) is 6.61 Å². The summed E-state index contributed by atoms with van der Waals surface area (Å²) < 4.78 is 0. The first-order valence-corrected chi connectivity index (χ1v) is 5.21. The molecule has 15 heavy (non-hydrogen) atoms. The molecule has 0 fully saturated rings. The Balaban J connectivity index is 2.70. The first kappa shape index (κ1) is 10.1. The lowest BCUT2D eigenvalue weighted by Gasteiger charge is -2.09. The molecule has 1 aromatic heterocycles. The second-order valence-corrected chi connectivity index (χ2v) is 4.07. The number of benzene rings is 1. The molecule has 2 rings (SSSR count). The Bertz CT molecular complexity index is 477. The molecule has 0 saturated carbocycles. The average molecular weight is 201 g/mol. The molecule has 1 heterocycles. The Morgan fingerprint density at radius 3 is 2.80 bits per heavy atom. The third kappa shape index (κ3) is 1.85. The van der Waals surface area contributed by atoms with Crippen LogP contribution in [0.15, 0.2) is 30.5 Å². The van der Waals surface area contributed by atoms with Gasteiger partial charge in [-0.3, -0.25) is 4.98 Å². The minimum absolute atomic E-state index is 0.0510. The van der Waals surface area contributed by atoms with E-state index in [2.05, 4.69) is 24.9 Å². The lowest BCUT2D eigenvalue weighted by Crippen LogP contribution is -1.93. The van der Waals surface area contributed by atoms with E-state index in [1.165, 1.54) is 5.56 Å². The number of nitrogens with zero attached hydrogens (tertiary/aromatic N) is 1. The quantitative estimate of drug-likeness (QED) is 0.810. The molecular formula is C13H15NO. The summed E-state index contributed by atoms with van der Waals surface area (Å²) in [5.41, 5.74) is 3.16. The van der Waals surface area contributed by atoms with Crippen LogP contribution in [0.5, 0.6) is 0 Å². The van der Waals surface area contributed by atoms with Crippen LogP contribution in [0.3, 0.4) is 0 Å². The van der Waals surface area contributed by atoms with Crippen molar-refractivity contribution < 1.29 is 5.11 Å². The third-order valence-corrected chi connectivity index (χ3v) is 2.62. The largest absolute Gasteiger partial charge is 0.392 e. The maximum Gasteiger partial charge on any atom is 0.0705 e. The molecular weight excluding hydrogens is 186 g/mol. The van der Waals surface area contributed by atoms with E-state index in [9.17, 15) is 0 Å². The first-order valence-electron chi connectivity index (χ1n) is 5.21. The Kier molecular flexibility index (Phi) is 2.69. The van der Waals surface area contributed by atoms with Crippen molar-refractivity contribution in [1.29, 1.82) is 0 Å². The zero-order valence-electron chi connectivity index (χ0n) is 9.07. The molecule has 1 N–H and O–H groups in total. The van der Waals surface area contributed by atoms with Gasteiger partial charge in [0.1, 0.15) is 0 Å². The Hall–Kier alpha value is -1.41. The fourth-order valence-electron chi connectivity index (χ4n) is 1.81. The molecule has 0 bridgehead atoms. The zero-order chi connectivity index (χ0) is 10.8. The normalized spacial score (nSPS) is 11.2. The van der Waals surface area contributed by atoms with Crippen LogP contribution in [0.4, 0.5) is 0 Å². The van der Waals surface area contributed by atoms with Crippen LogP contribution in [0, 0.1) is 0 Å². The van der Waals surface area contributed by atoms with Gasteiger partial charge in [0.05, 0.1) is 12.1 Å². The molecule has 0 amide bonds. The summed E-state index contributed by atoms with van der Waals surface area (Å²) in [4.78, 5) is 4.34. The van der Waals surface area contributed by atoms with Crippen LogP contribution >= 0.6 is 0 Å². The van der Waals surface area contributed by atoms with Gasteiger partial charge >= 0.3 is 0 Å². The highest BCUT2D eigenvalue weighted by atomic mass is 16.3. The molecule has 0 unspecified atom stereocenters. The van der Waals surface area contributed by atoms with E-state index in [4.69, 9.17) is 5.11 Å². The molecule has 0 aliphatic heterocycles. The van der Waals surface area contributed by atoms with E-state index >= 15 is 0 Å². The van der Waals surface area contributed by atoms with Crippen molar-refractivity contribution in [2.24, 2.45) is 0 Å². The smallest absolute Gasteiger partial charge is 0.0705 e. The third-order valence-electron chi connectivity index (χ3n) is 2.62. The minimum Gasteiger partial charge on any atom is -0.392 e. The predicted octanol–water partition coefficient (Wildman–Crippen LogP) is 2.85. The zero-order valence-corrected chi connectivity index (χ0v) is 9.07. The predicted molar refractivity (Wildman–Crippen MR) is 61.8 cm³/mol. The summed E-state index contributed by atoms with van der Waals surface area (Å²) in [6.07, 6.45) is 1.73. The average Bonchev–Trinajstić information content (AvgIpc) is 2.27. The highest BCUT2D eigenvalue weighted by molar-refractivity contribution is 5.83. The summed E-state index contributed by atoms with van der Waals surface area (Å²) in [5.74, 6) is 0.476. The molecule has 0 spiro atoms. The van der Waals surface area contributed by atoms with Gasteiger partial charge in [-0.25, -0.2) is 0 Å². The number of hydrogen-bond donors (Lipinski definition) is 1. The second kappa shape index (κ2) is 3.99. The van der Waals surface area contributed by atoms with Crippen molar-refractivity contribution in [3.05, 3.63) is 41.6 Å². The topological polar surface area (TPSA) is 33.1 Å². The van der Waals surface area contributed by atoms with Gasteiger partial charge in [0, 0.05) is 11.6 Å². The van der Waals surface area contributed by atoms with E-state index in [0.29, 0.717) is 5.92 Å². The lowest BCUT2D eigenvalue weighted by molar-refractivity contribution is 0.281. The molecule has 0 atom stereocenters. The Morgan fingerprint density at radius 1 is 1.33 bits per heavy atom. The summed E-state index contributed by atoms with van der Waals surface area (Å²) in [5, 5.41) is 10.2. The molecule has 0 radical (unpaired) electrons. The van der Waals surface area contributed by atoms with E-state index in [1.807, 2.05) is 18.2 Å². The number of aliphatic hydroxyl groups excluding tert-OH is 1. The number of aromatic nitrogens is 1. The van der Waals surface area contributed by atoms with Gasteiger partial charge in [-0.05, 0) is 29.2 Å². The van der Waals surface area contributed by atoms with Crippen LogP contribution in [0.1, 0.15) is 30.9 Å². The molecule has 78 valence electrons. The standard InChI is InChI=1S/C13H15NO/c1-9(2)11-4-3-5-13-12(11)6-10(8-15)7-14-13/h3-7,9,15H,8H2,1-2H3. The Morgan fingerprint density at radius 2 is 2.13 bits per heavy atom. The molecule has 0 aliphatic carbocycles. The van der Waals surface area contributed by atoms with Crippen LogP contribution in [0.2, 0.25) is 0 Å². The molecule has 0 saturated heterocycles. The highest BCUT2D eigenvalue weighted by Crippen LogP contribution is 2.24. The van der Waals surface area contributed by atoms with Gasteiger partial charge in [-0.15, -0.1) is 0 Å². The maximum absolute atomic E-state index is 9.09. The van der Waals surface area contributed by atoms with E-state index in [0.717, 1.165) is 16.5 Å². The van der Waals surface area contributed by atoms with Crippen LogP contribution in [-0.4, -0.2) is 10.1 Å². The minimum atomic E-state index is 0.0510. The first-order chi connectivity index (χ1) is 7.22. The summed E-state index contributed by atoms with van der Waals surface area (Å²) in [6.45, 7) is 4.39. The number of pyridine rings is 1. The molecule has 2 heteroatoms. The molecule has 2 nitrogen and oxygen atoms in total. The molecule has 0 aliphatic rings. The van der Waals surface area contributed by atoms with Gasteiger partial charge in [0.2, 0.25) is 0 Å². The van der Waals surface area contributed by atoms with Gasteiger partial charge < -0.3 is 5.11 Å². The monoisotopic (exact) mass is 201 g/mol. The fraction of sp³-hybridized carbons (Fsp3) is 0.308. The highest BCUT2D eigenvalue weighted by Gasteiger charge is 2.05. The Labute approximate surface area is 89.6 Å². The maximum atomic E-state index is 9.09. The summed E-state index contributed by atoms with van der Waals surface area (Å²) in [6, 6.07) is 8.18. The summed E-state index contributed by atoms with van der Waals surface area (Å²) in [7, 11) is 0. The summed E-state index contributed by atoms with van der Waals surface area (Å²) >= 11 is 0. The van der Waals surface area contributed by atoms with Crippen molar-refractivity contribution in [2.75, 3.05) is 0 Å².